The summed E-state index contributed by atoms with van der Waals surface area (Å²) >= 11 is 0. The highest BCUT2D eigenvalue weighted by molar-refractivity contribution is 5.80. The van der Waals surface area contributed by atoms with E-state index in [1.165, 1.54) is 0 Å². The van der Waals surface area contributed by atoms with E-state index in [4.69, 9.17) is 14.9 Å². The first-order valence-electron chi connectivity index (χ1n) is 11.6. The number of ether oxygens (including phenoxy) is 1. The number of aromatic nitrogens is 4. The summed E-state index contributed by atoms with van der Waals surface area (Å²) in [7, 11) is 1.75. The fourth-order valence-electron chi connectivity index (χ4n) is 4.40. The van der Waals surface area contributed by atoms with Gasteiger partial charge in [-0.05, 0) is 44.4 Å². The molecule has 1 aliphatic heterocycles. The lowest BCUT2D eigenvalue weighted by atomic mass is 10.0. The minimum Gasteiger partial charge on any atom is -0.493 e. The Kier molecular flexibility index (Phi) is 7.01. The molecule has 4 rings (SSSR count). The fraction of sp³-hybridized carbons (Fsp3) is 0.478. The number of benzene rings is 1. The van der Waals surface area contributed by atoms with Crippen molar-refractivity contribution in [3.05, 3.63) is 34.2 Å². The van der Waals surface area contributed by atoms with Gasteiger partial charge in [0.05, 0.1) is 17.9 Å². The van der Waals surface area contributed by atoms with Crippen LogP contribution in [-0.4, -0.2) is 61.6 Å². The standard InChI is InChI=1S/C23H31N7O4/c1-4-6-17-19-20(29(3)27-17)22(31)26-21(25-19)16-13-15(7-8-18(16)34-5-2)24-14-9-11-30(12-10-14)23(32)28-33/h7-8,13-14,24,33H,4-6,9-12H2,1-3H3,(H,28,32)(H,25,26,31). The van der Waals surface area contributed by atoms with E-state index < -0.39 is 6.03 Å². The molecule has 1 fully saturated rings. The van der Waals surface area contributed by atoms with E-state index in [0.717, 1.165) is 37.1 Å². The number of H-pyrrole nitrogens is 1. The normalized spacial score (nSPS) is 14.4. The number of nitrogens with zero attached hydrogens (tertiary/aromatic N) is 4. The number of likely N-dealkylation sites (tertiary alicyclic amines) is 1. The van der Waals surface area contributed by atoms with Gasteiger partial charge < -0.3 is 19.9 Å². The lowest BCUT2D eigenvalue weighted by molar-refractivity contribution is 0.121. The van der Waals surface area contributed by atoms with Crippen LogP contribution in [0.3, 0.4) is 0 Å². The fourth-order valence-corrected chi connectivity index (χ4v) is 4.40. The van der Waals surface area contributed by atoms with E-state index in [1.54, 1.807) is 22.1 Å². The van der Waals surface area contributed by atoms with Crippen molar-refractivity contribution in [3.63, 3.8) is 0 Å². The molecule has 0 bridgehead atoms. The van der Waals surface area contributed by atoms with E-state index in [2.05, 4.69) is 22.3 Å². The maximum Gasteiger partial charge on any atom is 0.341 e. The topological polar surface area (TPSA) is 137 Å². The van der Waals surface area contributed by atoms with Crippen molar-refractivity contribution in [2.45, 2.75) is 45.6 Å². The van der Waals surface area contributed by atoms with Crippen LogP contribution in [-0.2, 0) is 13.5 Å². The summed E-state index contributed by atoms with van der Waals surface area (Å²) in [4.78, 5) is 33.8. The first-order valence-corrected chi connectivity index (χ1v) is 11.6. The molecule has 2 aromatic heterocycles. The van der Waals surface area contributed by atoms with Gasteiger partial charge in [-0.25, -0.2) is 15.3 Å². The van der Waals surface area contributed by atoms with E-state index >= 15 is 0 Å². The van der Waals surface area contributed by atoms with Gasteiger partial charge in [-0.1, -0.05) is 13.3 Å². The third kappa shape index (κ3) is 4.69. The number of aromatic amines is 1. The van der Waals surface area contributed by atoms with Crippen molar-refractivity contribution < 1.29 is 14.7 Å². The molecule has 0 saturated carbocycles. The average Bonchev–Trinajstić information content (AvgIpc) is 3.16. The number of urea groups is 1. The Hall–Kier alpha value is -3.60. The molecule has 11 heteroatoms. The predicted molar refractivity (Wildman–Crippen MR) is 128 cm³/mol. The molecular formula is C23H31N7O4. The molecule has 182 valence electrons. The minimum absolute atomic E-state index is 0.164. The van der Waals surface area contributed by atoms with Crippen molar-refractivity contribution in [3.8, 4) is 17.1 Å². The van der Waals surface area contributed by atoms with Crippen molar-refractivity contribution in [1.29, 1.82) is 0 Å². The third-order valence-corrected chi connectivity index (χ3v) is 6.03. The zero-order chi connectivity index (χ0) is 24.2. The summed E-state index contributed by atoms with van der Waals surface area (Å²) in [5.41, 5.74) is 4.87. The Morgan fingerprint density at radius 1 is 1.29 bits per heavy atom. The molecule has 34 heavy (non-hydrogen) atoms. The van der Waals surface area contributed by atoms with Crippen LogP contribution in [0.15, 0.2) is 23.0 Å². The summed E-state index contributed by atoms with van der Waals surface area (Å²) < 4.78 is 7.42. The number of aryl methyl sites for hydroxylation is 2. The molecule has 3 aromatic rings. The molecule has 0 spiro atoms. The molecule has 2 amide bonds. The van der Waals surface area contributed by atoms with Gasteiger partial charge in [0.2, 0.25) is 0 Å². The van der Waals surface area contributed by atoms with Crippen LogP contribution in [0.5, 0.6) is 5.75 Å². The molecular weight excluding hydrogens is 438 g/mol. The Morgan fingerprint density at radius 2 is 2.06 bits per heavy atom. The Morgan fingerprint density at radius 3 is 2.74 bits per heavy atom. The zero-order valence-corrected chi connectivity index (χ0v) is 19.7. The summed E-state index contributed by atoms with van der Waals surface area (Å²) in [6.45, 7) is 5.54. The number of hydrogen-bond donors (Lipinski definition) is 4. The van der Waals surface area contributed by atoms with E-state index in [0.29, 0.717) is 47.9 Å². The van der Waals surface area contributed by atoms with Gasteiger partial charge in [0, 0.05) is 31.9 Å². The largest absolute Gasteiger partial charge is 0.493 e. The van der Waals surface area contributed by atoms with Gasteiger partial charge in [0.1, 0.15) is 17.1 Å². The lowest BCUT2D eigenvalue weighted by Gasteiger charge is -2.32. The van der Waals surface area contributed by atoms with Crippen LogP contribution in [0.25, 0.3) is 22.4 Å². The lowest BCUT2D eigenvalue weighted by Crippen LogP contribution is -2.46. The van der Waals surface area contributed by atoms with Crippen molar-refractivity contribution in [2.75, 3.05) is 25.0 Å². The number of carbonyl (C=O) groups is 1. The number of carbonyl (C=O) groups excluding carboxylic acids is 1. The van der Waals surface area contributed by atoms with Crippen LogP contribution in [0.2, 0.25) is 0 Å². The molecule has 0 unspecified atom stereocenters. The van der Waals surface area contributed by atoms with Gasteiger partial charge in [-0.15, -0.1) is 0 Å². The molecule has 11 nitrogen and oxygen atoms in total. The number of hydroxylamine groups is 1. The average molecular weight is 470 g/mol. The van der Waals surface area contributed by atoms with Crippen LogP contribution in [0.1, 0.15) is 38.8 Å². The van der Waals surface area contributed by atoms with E-state index in [-0.39, 0.29) is 11.6 Å². The predicted octanol–water partition coefficient (Wildman–Crippen LogP) is 2.65. The van der Waals surface area contributed by atoms with Crippen LogP contribution in [0.4, 0.5) is 10.5 Å². The smallest absolute Gasteiger partial charge is 0.341 e. The summed E-state index contributed by atoms with van der Waals surface area (Å²) in [6.07, 6.45) is 3.12. The first kappa shape index (κ1) is 23.6. The third-order valence-electron chi connectivity index (χ3n) is 6.03. The first-order chi connectivity index (χ1) is 16.4. The second-order valence-electron chi connectivity index (χ2n) is 8.40. The molecule has 0 radical (unpaired) electrons. The van der Waals surface area contributed by atoms with Crippen LogP contribution < -0.4 is 21.1 Å². The number of rotatable bonds is 7. The number of piperidine rings is 1. The summed E-state index contributed by atoms with van der Waals surface area (Å²) in [6, 6.07) is 5.42. The molecule has 1 aromatic carbocycles. The van der Waals surface area contributed by atoms with E-state index in [9.17, 15) is 9.59 Å². The monoisotopic (exact) mass is 469 g/mol. The van der Waals surface area contributed by atoms with Gasteiger partial charge >= 0.3 is 6.03 Å². The second-order valence-corrected chi connectivity index (χ2v) is 8.40. The minimum atomic E-state index is -0.481. The van der Waals surface area contributed by atoms with Crippen molar-refractivity contribution in [2.24, 2.45) is 7.05 Å². The highest BCUT2D eigenvalue weighted by atomic mass is 16.5. The Bertz CT molecular complexity index is 1230. The number of fused-ring (bicyclic) bond motifs is 1. The summed E-state index contributed by atoms with van der Waals surface area (Å²) in [5, 5.41) is 16.8. The zero-order valence-electron chi connectivity index (χ0n) is 19.7. The molecule has 0 atom stereocenters. The molecule has 1 aliphatic rings. The van der Waals surface area contributed by atoms with Crippen molar-refractivity contribution in [1.82, 2.24) is 30.1 Å². The molecule has 4 N–H and O–H groups in total. The number of nitrogens with one attached hydrogen (secondary N) is 3. The number of anilines is 1. The molecule has 1 saturated heterocycles. The highest BCUT2D eigenvalue weighted by Gasteiger charge is 2.23. The van der Waals surface area contributed by atoms with Crippen LogP contribution >= 0.6 is 0 Å². The Balaban J connectivity index is 1.66. The summed E-state index contributed by atoms with van der Waals surface area (Å²) in [5.74, 6) is 1.07. The highest BCUT2D eigenvalue weighted by Crippen LogP contribution is 2.32. The SMILES string of the molecule is CCCc1nn(C)c2c(=O)[nH]c(-c3cc(NC4CCN(C(=O)NO)CC4)ccc3OCC)nc12. The quantitative estimate of drug-likeness (QED) is 0.308. The molecule has 0 aliphatic carbocycles. The maximum atomic E-state index is 12.9. The van der Waals surface area contributed by atoms with Gasteiger partial charge in [-0.2, -0.15) is 5.10 Å². The second kappa shape index (κ2) is 10.1. The number of amides is 2. The van der Waals surface area contributed by atoms with Gasteiger partial charge in [0.15, 0.2) is 5.52 Å². The van der Waals surface area contributed by atoms with Gasteiger partial charge in [-0.3, -0.25) is 14.7 Å². The van der Waals surface area contributed by atoms with Gasteiger partial charge in [0.25, 0.3) is 5.56 Å². The molecule has 3 heterocycles. The van der Waals surface area contributed by atoms with E-state index in [1.807, 2.05) is 25.1 Å². The Labute approximate surface area is 197 Å². The maximum absolute atomic E-state index is 12.9. The van der Waals surface area contributed by atoms with Crippen LogP contribution in [0, 0.1) is 0 Å². The van der Waals surface area contributed by atoms with Crippen molar-refractivity contribution >= 4 is 22.8 Å². The number of hydrogen-bond acceptors (Lipinski definition) is 7.